The van der Waals surface area contributed by atoms with E-state index in [2.05, 4.69) is 59.1 Å². The van der Waals surface area contributed by atoms with Crippen LogP contribution in [0.4, 0.5) is 0 Å². The Balaban J connectivity index is 2.61. The summed E-state index contributed by atoms with van der Waals surface area (Å²) in [5.41, 5.74) is 0. The molecule has 2 aliphatic heterocycles. The summed E-state index contributed by atoms with van der Waals surface area (Å²) in [6, 6.07) is -3.20. The first-order chi connectivity index (χ1) is 63.9. The van der Waals surface area contributed by atoms with Crippen LogP contribution in [0.25, 0.3) is 0 Å². The minimum atomic E-state index is -5.50. The van der Waals surface area contributed by atoms with Crippen molar-refractivity contribution in [3.05, 3.63) is 0 Å². The molecule has 131 heavy (non-hydrogen) atoms. The average molecular weight is 1890 g/mol. The molecule has 2 saturated heterocycles. The molecule has 0 saturated carbocycles. The highest BCUT2D eigenvalue weighted by atomic mass is 31.2. The maximum absolute atomic E-state index is 15.1. The van der Waals surface area contributed by atoms with E-state index in [4.69, 9.17) is 42.4 Å². The number of unbranched alkanes of at least 4 members (excludes halogenated alkanes) is 63. The molecule has 0 aromatic rings. The minimum Gasteiger partial charge on any atom is -0.462 e. The monoisotopic (exact) mass is 1890 g/mol. The van der Waals surface area contributed by atoms with Crippen LogP contribution in [0.5, 0.6) is 0 Å². The van der Waals surface area contributed by atoms with E-state index in [1.165, 1.54) is 276 Å². The zero-order chi connectivity index (χ0) is 95.4. The number of esters is 2. The van der Waals surface area contributed by atoms with E-state index in [0.717, 1.165) is 173 Å². The number of hydrogen-bond acceptors (Lipinski definition) is 18. The number of amides is 2. The molecule has 776 valence electrons. The number of phosphoric acid groups is 1. The van der Waals surface area contributed by atoms with Crippen LogP contribution in [0, 0.1) is 0 Å². The number of rotatable bonds is 98. The number of nitrogens with one attached hydrogen (secondary N) is 2. The molecule has 22 nitrogen and oxygen atoms in total. The summed E-state index contributed by atoms with van der Waals surface area (Å²) >= 11 is 0. The van der Waals surface area contributed by atoms with Crippen molar-refractivity contribution in [2.24, 2.45) is 0 Å². The lowest BCUT2D eigenvalue weighted by molar-refractivity contribution is -0.297. The van der Waals surface area contributed by atoms with Gasteiger partial charge in [0, 0.05) is 19.8 Å². The molecule has 2 heterocycles. The fourth-order valence-corrected chi connectivity index (χ4v) is 19.4. The van der Waals surface area contributed by atoms with Gasteiger partial charge >= 0.3 is 19.8 Å². The summed E-state index contributed by atoms with van der Waals surface area (Å²) in [4.78, 5) is 80.1. The zero-order valence-electron chi connectivity index (χ0n) is 85.6. The Morgan fingerprint density at radius 1 is 0.313 bits per heavy atom. The second-order valence-electron chi connectivity index (χ2n) is 39.6. The maximum atomic E-state index is 15.1. The largest absolute Gasteiger partial charge is 0.470 e. The zero-order valence-corrected chi connectivity index (χ0v) is 86.5. The van der Waals surface area contributed by atoms with E-state index in [9.17, 15) is 49.2 Å². The predicted molar refractivity (Wildman–Crippen MR) is 534 cm³/mol. The van der Waals surface area contributed by atoms with Crippen LogP contribution in [0.3, 0.4) is 0 Å². The predicted octanol–water partition coefficient (Wildman–Crippen LogP) is 27.2. The Labute approximate surface area is 802 Å². The number of hydrogen-bond donors (Lipinski definition) is 8. The Hall–Kier alpha value is -2.41. The molecule has 0 unspecified atom stereocenters. The smallest absolute Gasteiger partial charge is 0.462 e. The van der Waals surface area contributed by atoms with Crippen molar-refractivity contribution in [2.45, 2.75) is 635 Å². The van der Waals surface area contributed by atoms with Crippen LogP contribution in [0.2, 0.25) is 0 Å². The Bertz CT molecular complexity index is 2540. The molecular formula is C108H209N2O20P. The number of ether oxygens (including phenoxy) is 8. The van der Waals surface area contributed by atoms with Crippen LogP contribution in [-0.4, -0.2) is 173 Å². The fraction of sp³-hybridized carbons (Fsp3) is 0.963. The van der Waals surface area contributed by atoms with Crippen molar-refractivity contribution in [1.29, 1.82) is 0 Å². The Morgan fingerprint density at radius 3 is 0.885 bits per heavy atom. The number of phosphoric ester groups is 1. The number of carbonyl (C=O) groups is 4. The van der Waals surface area contributed by atoms with Gasteiger partial charge in [-0.15, -0.1) is 0 Å². The van der Waals surface area contributed by atoms with Gasteiger partial charge in [0.1, 0.15) is 48.7 Å². The van der Waals surface area contributed by atoms with E-state index in [1.807, 2.05) is 0 Å². The molecule has 0 aliphatic carbocycles. The van der Waals surface area contributed by atoms with Gasteiger partial charge in [-0.25, -0.2) is 4.57 Å². The Morgan fingerprint density at radius 2 is 0.580 bits per heavy atom. The SMILES string of the molecule is CCCCCCCCCCCCC[C@H](CC(=O)N[C@H]1[C@H](OC[C@H]2O[C@@H](O)[C@H](NC(=O)C[C@@H](CCCCCCCCCCC)OC(=O)C[C@@H](CCCCCCCCCCC)OCCCCCCCCCCCC)[C@@H](O)[C@@H]2O)O[C@H](CO)[C@@H](OP(=O)(O)O)[C@@H]1OC(=O)C[C@@H](CCCCCCCCCCCCC)OCCCCCCCCCCCC)OCCCCCCCCCCCC. The molecule has 2 amide bonds. The van der Waals surface area contributed by atoms with Crippen LogP contribution >= 0.6 is 7.82 Å². The van der Waals surface area contributed by atoms with Gasteiger partial charge in [-0.1, -0.05) is 472 Å². The Kier molecular flexibility index (Phi) is 84.7. The molecule has 0 aromatic heterocycles. The van der Waals surface area contributed by atoms with Crippen LogP contribution in [0.15, 0.2) is 0 Å². The topological polar surface area (TPSA) is 314 Å². The van der Waals surface area contributed by atoms with E-state index in [-0.39, 0.29) is 31.8 Å². The molecule has 2 rings (SSSR count). The highest BCUT2D eigenvalue weighted by Gasteiger charge is 2.53. The number of aliphatic hydroxyl groups is 4. The maximum Gasteiger partial charge on any atom is 0.470 e. The van der Waals surface area contributed by atoms with Crippen molar-refractivity contribution < 1.29 is 96.4 Å². The summed E-state index contributed by atoms with van der Waals surface area (Å²) in [5, 5.41) is 52.8. The third-order valence-electron chi connectivity index (χ3n) is 27.1. The lowest BCUT2D eigenvalue weighted by Gasteiger charge is -2.46. The lowest BCUT2D eigenvalue weighted by Crippen LogP contribution is -2.67. The van der Waals surface area contributed by atoms with Crippen LogP contribution in [0.1, 0.15) is 549 Å². The average Bonchev–Trinajstić information content (AvgIpc) is 0.776. The first-order valence-electron chi connectivity index (χ1n) is 56.0. The van der Waals surface area contributed by atoms with E-state index in [0.29, 0.717) is 45.5 Å². The summed E-state index contributed by atoms with van der Waals surface area (Å²) in [7, 11) is -5.50. The highest BCUT2D eigenvalue weighted by molar-refractivity contribution is 7.46. The molecule has 2 fully saturated rings. The molecule has 14 atom stereocenters. The van der Waals surface area contributed by atoms with Gasteiger partial charge < -0.3 is 78.7 Å². The third-order valence-corrected chi connectivity index (χ3v) is 27.7. The highest BCUT2D eigenvalue weighted by Crippen LogP contribution is 2.43. The second kappa shape index (κ2) is 89.0. The molecular weight excluding hydrogens is 1680 g/mol. The standard InChI is InChI=1S/C108H209N2O20P/c1-8-15-22-29-36-43-48-52-58-64-71-78-91(122-82-75-68-61-54-45-38-31-24-17-10-3)85-97(112)110-102-106(129-100(115)88-93(80-73-66-59-53-49-44-37-30-23-16-9-2)124-84-77-70-63-56-47-40-33-26-19-12-5)105(130-131(119,120)121)95(89-111)128-108(102)125-90-96-103(116)104(117)101(107(118)127-96)109-98(113)86-94(81-74-67-60-51-42-35-28-21-14-7)126-99(114)87-92(79-72-65-57-50-41-34-27-20-13-6)123-83-76-69-62-55-46-39-32-25-18-11-4/h91-96,101-108,111,116-118H,8-90H2,1-7H3,(H,109,113)(H,110,112)(H2,119,120,121)/t91-,92-,93-,94-,95-,96-,101-,102-,103-,104-,105-,106-,107-,108-/m1/s1. The van der Waals surface area contributed by atoms with Crippen LogP contribution in [-0.2, 0) is 66.2 Å². The van der Waals surface area contributed by atoms with Gasteiger partial charge in [-0.05, 0) is 51.4 Å². The molecule has 2 aliphatic rings. The van der Waals surface area contributed by atoms with E-state index < -0.39 is 124 Å². The van der Waals surface area contributed by atoms with Gasteiger partial charge in [-0.2, -0.15) is 0 Å². The first kappa shape index (κ1) is 125. The number of aliphatic hydroxyl groups excluding tert-OH is 4. The van der Waals surface area contributed by atoms with Crippen LogP contribution < -0.4 is 10.6 Å². The van der Waals surface area contributed by atoms with Gasteiger partial charge in [0.25, 0.3) is 0 Å². The van der Waals surface area contributed by atoms with E-state index >= 15 is 4.79 Å². The summed E-state index contributed by atoms with van der Waals surface area (Å²) in [6.07, 6.45) is 65.1. The normalized spacial score (nSPS) is 19.9. The third kappa shape index (κ3) is 70.8. The molecule has 0 spiro atoms. The first-order valence-corrected chi connectivity index (χ1v) is 57.5. The van der Waals surface area contributed by atoms with E-state index in [1.54, 1.807) is 0 Å². The van der Waals surface area contributed by atoms with Crippen molar-refractivity contribution in [3.8, 4) is 0 Å². The molecule has 0 bridgehead atoms. The molecule has 8 N–H and O–H groups in total. The summed E-state index contributed by atoms with van der Waals surface area (Å²) < 4.78 is 69.9. The van der Waals surface area contributed by atoms with Gasteiger partial charge in [-0.3, -0.25) is 23.7 Å². The van der Waals surface area contributed by atoms with Crippen molar-refractivity contribution in [2.75, 3.05) is 33.0 Å². The fourth-order valence-electron chi connectivity index (χ4n) is 18.8. The van der Waals surface area contributed by atoms with Crippen molar-refractivity contribution >= 4 is 31.6 Å². The quantitative estimate of drug-likeness (QED) is 0.0159. The summed E-state index contributed by atoms with van der Waals surface area (Å²) in [6.45, 7) is 15.4. The molecule has 0 aromatic carbocycles. The van der Waals surface area contributed by atoms with Crippen molar-refractivity contribution in [3.63, 3.8) is 0 Å². The summed E-state index contributed by atoms with van der Waals surface area (Å²) in [5.74, 6) is -2.51. The lowest BCUT2D eigenvalue weighted by atomic mass is 9.95. The second-order valence-corrected chi connectivity index (χ2v) is 40.8. The molecule has 0 radical (unpaired) electrons. The van der Waals surface area contributed by atoms with Gasteiger partial charge in [0.2, 0.25) is 11.8 Å². The minimum absolute atomic E-state index is 0.0464. The van der Waals surface area contributed by atoms with Gasteiger partial charge in [0.15, 0.2) is 18.7 Å². The molecule has 23 heteroatoms. The number of carbonyl (C=O) groups excluding carboxylic acids is 4. The van der Waals surface area contributed by atoms with Gasteiger partial charge in [0.05, 0.1) is 57.2 Å². The van der Waals surface area contributed by atoms with Crippen molar-refractivity contribution in [1.82, 2.24) is 10.6 Å².